The van der Waals surface area contributed by atoms with Gasteiger partial charge in [0.15, 0.2) is 11.6 Å². The summed E-state index contributed by atoms with van der Waals surface area (Å²) in [6.45, 7) is 2.29. The predicted molar refractivity (Wildman–Crippen MR) is 158 cm³/mol. The van der Waals surface area contributed by atoms with Gasteiger partial charge >= 0.3 is 0 Å². The third kappa shape index (κ3) is 5.50. The van der Waals surface area contributed by atoms with Crippen LogP contribution in [0.25, 0.3) is 33.4 Å². The summed E-state index contributed by atoms with van der Waals surface area (Å²) in [5, 5.41) is 0.673. The second-order valence-electron chi connectivity index (χ2n) is 9.46. The number of hydrogen-bond acceptors (Lipinski definition) is 9. The van der Waals surface area contributed by atoms with E-state index < -0.39 is 17.5 Å². The molecule has 12 heteroatoms. The van der Waals surface area contributed by atoms with Crippen molar-refractivity contribution in [3.05, 3.63) is 84.3 Å². The van der Waals surface area contributed by atoms with Crippen LogP contribution in [0.1, 0.15) is 0 Å². The molecule has 0 spiro atoms. The minimum atomic E-state index is -0.616. The molecule has 2 aromatic heterocycles. The van der Waals surface area contributed by atoms with Crippen molar-refractivity contribution in [3.63, 3.8) is 0 Å². The Hall–Kier alpha value is -4.55. The van der Waals surface area contributed by atoms with Crippen molar-refractivity contribution in [2.75, 3.05) is 48.8 Å². The number of fused-ring (bicyclic) bond motifs is 1. The van der Waals surface area contributed by atoms with Crippen molar-refractivity contribution in [1.29, 1.82) is 0 Å². The van der Waals surface area contributed by atoms with Gasteiger partial charge < -0.3 is 24.8 Å². The molecule has 6 rings (SSSR count). The van der Waals surface area contributed by atoms with E-state index in [0.29, 0.717) is 71.5 Å². The summed E-state index contributed by atoms with van der Waals surface area (Å²) in [6, 6.07) is 15.0. The fourth-order valence-corrected chi connectivity index (χ4v) is 5.39. The van der Waals surface area contributed by atoms with Gasteiger partial charge in [-0.2, -0.15) is 0 Å². The van der Waals surface area contributed by atoms with E-state index in [1.54, 1.807) is 36.5 Å². The zero-order chi connectivity index (χ0) is 29.2. The lowest BCUT2D eigenvalue weighted by Gasteiger charge is -2.29. The number of halogens is 3. The van der Waals surface area contributed by atoms with Crippen LogP contribution in [0.15, 0.2) is 71.8 Å². The molecule has 0 radical (unpaired) electrons. The smallest absolute Gasteiger partial charge is 0.163 e. The number of ether oxygens (including phenoxy) is 2. The number of nitrogens with zero attached hydrogens (tertiary/aromatic N) is 4. The molecule has 0 aliphatic carbocycles. The lowest BCUT2D eigenvalue weighted by atomic mass is 10.0. The van der Waals surface area contributed by atoms with Crippen LogP contribution in [-0.2, 0) is 4.74 Å². The highest BCUT2D eigenvalue weighted by Crippen LogP contribution is 2.39. The highest BCUT2D eigenvalue weighted by Gasteiger charge is 2.22. The molecule has 0 bridgehead atoms. The van der Waals surface area contributed by atoms with E-state index in [1.807, 2.05) is 6.07 Å². The third-order valence-corrected chi connectivity index (χ3v) is 7.65. The second-order valence-corrected chi connectivity index (χ2v) is 10.3. The Balaban J connectivity index is 1.45. The van der Waals surface area contributed by atoms with E-state index in [9.17, 15) is 8.78 Å². The number of pyridine rings is 1. The maximum atomic E-state index is 15.9. The summed E-state index contributed by atoms with van der Waals surface area (Å²) in [7, 11) is 1.53. The normalized spacial score (nSPS) is 13.4. The Morgan fingerprint density at radius 2 is 1.81 bits per heavy atom. The summed E-state index contributed by atoms with van der Waals surface area (Å²) in [5.74, 6) is 0.137. The molecular weight excluding hydrogens is 565 g/mol. The Morgan fingerprint density at radius 1 is 0.976 bits per heavy atom. The molecule has 0 saturated carbocycles. The third-order valence-electron chi connectivity index (χ3n) is 6.79. The summed E-state index contributed by atoms with van der Waals surface area (Å²) in [5.41, 5.74) is 7.93. The van der Waals surface area contributed by atoms with Gasteiger partial charge in [-0.1, -0.05) is 12.1 Å². The molecule has 0 atom stereocenters. The number of morpholine rings is 1. The van der Waals surface area contributed by atoms with Crippen LogP contribution in [0.2, 0.25) is 0 Å². The fraction of sp³-hybridized carbons (Fsp3) is 0.167. The van der Waals surface area contributed by atoms with E-state index in [0.717, 1.165) is 30.1 Å². The average molecular weight is 591 g/mol. The number of methoxy groups -OCH3 is 1. The standard InChI is InChI=1S/C30H25F3N6O2S/c1-40-24-14-18(20-3-2-4-23(27(20)33)38-42-25-15-19(31)6-7-22(25)32)13-21-28(24)36-29(17-5-8-26(34)35-16-17)37-30(21)39-9-11-41-12-10-39/h2-8,13-16,38H,9-12H2,1H3,(H2,34,35). The summed E-state index contributed by atoms with van der Waals surface area (Å²) in [4.78, 5) is 16.0. The van der Waals surface area contributed by atoms with E-state index in [4.69, 9.17) is 25.2 Å². The van der Waals surface area contributed by atoms with Crippen LogP contribution in [0, 0.1) is 17.5 Å². The number of benzene rings is 3. The van der Waals surface area contributed by atoms with Gasteiger partial charge in [-0.05, 0) is 66.0 Å². The molecule has 214 valence electrons. The number of nitrogen functional groups attached to an aromatic ring is 1. The molecule has 8 nitrogen and oxygen atoms in total. The number of rotatable bonds is 7. The monoisotopic (exact) mass is 590 g/mol. The average Bonchev–Trinajstić information content (AvgIpc) is 3.01. The molecule has 1 saturated heterocycles. The molecule has 0 amide bonds. The lowest BCUT2D eigenvalue weighted by molar-refractivity contribution is 0.122. The number of anilines is 3. The van der Waals surface area contributed by atoms with E-state index >= 15 is 4.39 Å². The van der Waals surface area contributed by atoms with Crippen molar-refractivity contribution >= 4 is 40.2 Å². The first kappa shape index (κ1) is 27.6. The Labute approximate surface area is 243 Å². The quantitative estimate of drug-likeness (QED) is 0.211. The minimum Gasteiger partial charge on any atom is -0.494 e. The number of aromatic nitrogens is 3. The van der Waals surface area contributed by atoms with E-state index in [-0.39, 0.29) is 16.1 Å². The van der Waals surface area contributed by atoms with Gasteiger partial charge in [-0.15, -0.1) is 0 Å². The molecule has 5 aromatic rings. The van der Waals surface area contributed by atoms with Gasteiger partial charge in [-0.25, -0.2) is 28.1 Å². The summed E-state index contributed by atoms with van der Waals surface area (Å²) < 4.78 is 57.8. The number of nitrogens with one attached hydrogen (secondary N) is 1. The maximum absolute atomic E-state index is 15.9. The molecule has 0 unspecified atom stereocenters. The van der Waals surface area contributed by atoms with Gasteiger partial charge in [0.05, 0.1) is 30.9 Å². The van der Waals surface area contributed by atoms with Crippen LogP contribution >= 0.6 is 11.9 Å². The molecule has 1 aliphatic heterocycles. The SMILES string of the molecule is COc1cc(-c2cccc(NSc3cc(F)ccc3F)c2F)cc2c(N3CCOCC3)nc(-c3ccc(N)nc3)nc12. The first-order valence-corrected chi connectivity index (χ1v) is 13.8. The first-order chi connectivity index (χ1) is 20.4. The first-order valence-electron chi connectivity index (χ1n) is 13.0. The molecular formula is C30H25F3N6O2S. The van der Waals surface area contributed by atoms with Crippen LogP contribution in [0.3, 0.4) is 0 Å². The van der Waals surface area contributed by atoms with Gasteiger partial charge in [0.2, 0.25) is 0 Å². The van der Waals surface area contributed by atoms with Crippen LogP contribution in [0.5, 0.6) is 5.75 Å². The van der Waals surface area contributed by atoms with Crippen molar-refractivity contribution in [2.45, 2.75) is 4.90 Å². The summed E-state index contributed by atoms with van der Waals surface area (Å²) >= 11 is 0.783. The topological polar surface area (TPSA) is 98.4 Å². The highest BCUT2D eigenvalue weighted by atomic mass is 32.2. The molecule has 3 N–H and O–H groups in total. The zero-order valence-corrected chi connectivity index (χ0v) is 23.2. The Kier molecular flexibility index (Phi) is 7.72. The van der Waals surface area contributed by atoms with Crippen LogP contribution in [0.4, 0.5) is 30.5 Å². The fourth-order valence-electron chi connectivity index (χ4n) is 4.68. The van der Waals surface area contributed by atoms with Gasteiger partial charge in [0.1, 0.15) is 34.5 Å². The van der Waals surface area contributed by atoms with Crippen LogP contribution in [-0.4, -0.2) is 48.4 Å². The molecule has 42 heavy (non-hydrogen) atoms. The van der Waals surface area contributed by atoms with Crippen molar-refractivity contribution in [2.24, 2.45) is 0 Å². The van der Waals surface area contributed by atoms with Gasteiger partial charge in [-0.3, -0.25) is 0 Å². The molecule has 3 aromatic carbocycles. The molecule has 1 fully saturated rings. The molecule has 3 heterocycles. The minimum absolute atomic E-state index is 0.00610. The predicted octanol–water partition coefficient (Wildman–Crippen LogP) is 6.32. The van der Waals surface area contributed by atoms with Crippen LogP contribution < -0.4 is 20.1 Å². The Bertz CT molecular complexity index is 1770. The van der Waals surface area contributed by atoms with Gasteiger partial charge in [0, 0.05) is 35.8 Å². The van der Waals surface area contributed by atoms with E-state index in [1.165, 1.54) is 13.2 Å². The molecule has 1 aliphatic rings. The zero-order valence-electron chi connectivity index (χ0n) is 22.4. The lowest BCUT2D eigenvalue weighted by Crippen LogP contribution is -2.37. The maximum Gasteiger partial charge on any atom is 0.163 e. The summed E-state index contributed by atoms with van der Waals surface area (Å²) in [6.07, 6.45) is 1.61. The Morgan fingerprint density at radius 3 is 2.57 bits per heavy atom. The number of nitrogens with two attached hydrogens (primary N) is 1. The van der Waals surface area contributed by atoms with Gasteiger partial charge in [0.25, 0.3) is 0 Å². The van der Waals surface area contributed by atoms with Crippen molar-refractivity contribution in [1.82, 2.24) is 15.0 Å². The van der Waals surface area contributed by atoms with Crippen molar-refractivity contribution in [3.8, 4) is 28.3 Å². The second kappa shape index (κ2) is 11.7. The number of hydrogen-bond donors (Lipinski definition) is 2. The highest BCUT2D eigenvalue weighted by molar-refractivity contribution is 8.00. The largest absolute Gasteiger partial charge is 0.494 e. The van der Waals surface area contributed by atoms with Crippen molar-refractivity contribution < 1.29 is 22.6 Å². The van der Waals surface area contributed by atoms with E-state index in [2.05, 4.69) is 14.6 Å².